The Morgan fingerprint density at radius 1 is 1.24 bits per heavy atom. The van der Waals surface area contributed by atoms with Crippen molar-refractivity contribution in [2.45, 2.75) is 0 Å². The Bertz CT molecular complexity index is 733. The second kappa shape index (κ2) is 3.92. The molecule has 0 bridgehead atoms. The highest BCUT2D eigenvalue weighted by atomic mass is 35.5. The lowest BCUT2D eigenvalue weighted by atomic mass is 10.1. The van der Waals surface area contributed by atoms with Gasteiger partial charge in [0.1, 0.15) is 16.1 Å². The van der Waals surface area contributed by atoms with Crippen LogP contribution in [0.5, 0.6) is 0 Å². The molecule has 0 radical (unpaired) electrons. The highest BCUT2D eigenvalue weighted by molar-refractivity contribution is 7.15. The number of nitriles is 1. The number of fused-ring (bicyclic) bond motifs is 1. The molecule has 0 atom stereocenters. The van der Waals surface area contributed by atoms with E-state index < -0.39 is 0 Å². The number of H-pyrrole nitrogens is 1. The summed E-state index contributed by atoms with van der Waals surface area (Å²) in [5.74, 6) is 0. The Balaban J connectivity index is 2.43. The van der Waals surface area contributed by atoms with Gasteiger partial charge in [-0.1, -0.05) is 29.8 Å². The second-order valence-electron chi connectivity index (χ2n) is 3.64. The normalized spacial score (nSPS) is 10.6. The Morgan fingerprint density at radius 2 is 2.06 bits per heavy atom. The van der Waals surface area contributed by atoms with Gasteiger partial charge in [-0.05, 0) is 17.5 Å². The van der Waals surface area contributed by atoms with Crippen LogP contribution in [0.3, 0.4) is 0 Å². The molecule has 0 amide bonds. The van der Waals surface area contributed by atoms with Gasteiger partial charge in [0.15, 0.2) is 0 Å². The van der Waals surface area contributed by atoms with Crippen molar-refractivity contribution in [1.29, 1.82) is 5.26 Å². The largest absolute Gasteiger partial charge is 0.346 e. The lowest BCUT2D eigenvalue weighted by Crippen LogP contribution is -1.78. The minimum atomic E-state index is 0.562. The topological polar surface area (TPSA) is 39.6 Å². The average Bonchev–Trinajstić information content (AvgIpc) is 2.91. The van der Waals surface area contributed by atoms with Gasteiger partial charge in [-0.25, -0.2) is 0 Å². The van der Waals surface area contributed by atoms with Gasteiger partial charge < -0.3 is 4.98 Å². The van der Waals surface area contributed by atoms with E-state index in [-0.39, 0.29) is 0 Å². The average molecular weight is 259 g/mol. The fourth-order valence-electron chi connectivity index (χ4n) is 1.98. The molecule has 0 aliphatic carbocycles. The summed E-state index contributed by atoms with van der Waals surface area (Å²) in [7, 11) is 0. The Labute approximate surface area is 107 Å². The number of halogens is 1. The Kier molecular flexibility index (Phi) is 2.40. The first-order valence-corrected chi connectivity index (χ1v) is 6.31. The Morgan fingerprint density at radius 3 is 2.76 bits per heavy atom. The van der Waals surface area contributed by atoms with Crippen LogP contribution in [0.4, 0.5) is 0 Å². The molecule has 0 aliphatic rings. The summed E-state index contributed by atoms with van der Waals surface area (Å²) in [5, 5.41) is 12.2. The van der Waals surface area contributed by atoms with E-state index in [4.69, 9.17) is 11.6 Å². The summed E-state index contributed by atoms with van der Waals surface area (Å²) in [6.07, 6.45) is 0. The lowest BCUT2D eigenvalue weighted by Gasteiger charge is -1.97. The minimum absolute atomic E-state index is 0.562. The van der Waals surface area contributed by atoms with Crippen LogP contribution in [0.2, 0.25) is 4.34 Å². The molecule has 3 aromatic rings. The van der Waals surface area contributed by atoms with Crippen molar-refractivity contribution in [2.24, 2.45) is 0 Å². The summed E-state index contributed by atoms with van der Waals surface area (Å²) in [4.78, 5) is 3.11. The van der Waals surface area contributed by atoms with Crippen molar-refractivity contribution >= 4 is 33.8 Å². The van der Waals surface area contributed by atoms with Gasteiger partial charge in [-0.15, -0.1) is 11.3 Å². The predicted octanol–water partition coefficient (Wildman–Crippen LogP) is 4.42. The summed E-state index contributed by atoms with van der Waals surface area (Å²) >= 11 is 7.63. The van der Waals surface area contributed by atoms with E-state index in [1.54, 1.807) is 0 Å². The fraction of sp³-hybridized carbons (Fsp3) is 0. The maximum Gasteiger partial charge on any atom is 0.126 e. The van der Waals surface area contributed by atoms with Crippen LogP contribution in [-0.4, -0.2) is 4.98 Å². The molecule has 2 aromatic heterocycles. The fourth-order valence-corrected chi connectivity index (χ4v) is 2.91. The van der Waals surface area contributed by atoms with Crippen molar-refractivity contribution in [3.8, 4) is 17.2 Å². The standard InChI is InChI=1S/C13H7ClN2S/c14-13-9(5-6-17-13)12-8-3-1-2-4-10(8)16-11(12)7-15/h1-6,16H. The van der Waals surface area contributed by atoms with Crippen molar-refractivity contribution < 1.29 is 0 Å². The third kappa shape index (κ3) is 1.54. The van der Waals surface area contributed by atoms with E-state index in [0.717, 1.165) is 22.0 Å². The van der Waals surface area contributed by atoms with Crippen LogP contribution in [0.25, 0.3) is 22.0 Å². The molecule has 3 rings (SSSR count). The zero-order valence-electron chi connectivity index (χ0n) is 8.70. The summed E-state index contributed by atoms with van der Waals surface area (Å²) in [6.45, 7) is 0. The highest BCUT2D eigenvalue weighted by Gasteiger charge is 2.15. The zero-order chi connectivity index (χ0) is 11.8. The van der Waals surface area contributed by atoms with E-state index in [1.165, 1.54) is 11.3 Å². The predicted molar refractivity (Wildman–Crippen MR) is 71.3 cm³/mol. The van der Waals surface area contributed by atoms with Crippen molar-refractivity contribution in [2.75, 3.05) is 0 Å². The molecular formula is C13H7ClN2S. The molecule has 0 unspecified atom stereocenters. The molecule has 0 fully saturated rings. The number of nitrogens with zero attached hydrogens (tertiary/aromatic N) is 1. The number of aromatic amines is 1. The Hall–Kier alpha value is -1.76. The van der Waals surface area contributed by atoms with E-state index in [2.05, 4.69) is 11.1 Å². The SMILES string of the molecule is N#Cc1[nH]c2ccccc2c1-c1ccsc1Cl. The molecule has 0 spiro atoms. The molecule has 4 heteroatoms. The summed E-state index contributed by atoms with van der Waals surface area (Å²) < 4.78 is 0.714. The van der Waals surface area contributed by atoms with Crippen LogP contribution in [-0.2, 0) is 0 Å². The first-order valence-electron chi connectivity index (χ1n) is 5.05. The molecule has 17 heavy (non-hydrogen) atoms. The molecular weight excluding hydrogens is 252 g/mol. The summed E-state index contributed by atoms with van der Waals surface area (Å²) in [5.41, 5.74) is 3.34. The number of para-hydroxylation sites is 1. The van der Waals surface area contributed by atoms with E-state index in [1.807, 2.05) is 35.7 Å². The molecule has 0 aliphatic heterocycles. The molecule has 0 saturated carbocycles. The monoisotopic (exact) mass is 258 g/mol. The zero-order valence-corrected chi connectivity index (χ0v) is 10.3. The molecule has 0 saturated heterocycles. The number of thiophene rings is 1. The van der Waals surface area contributed by atoms with Crippen LogP contribution in [0, 0.1) is 11.3 Å². The maximum atomic E-state index is 9.19. The van der Waals surface area contributed by atoms with Crippen molar-refractivity contribution in [3.63, 3.8) is 0 Å². The third-order valence-electron chi connectivity index (χ3n) is 2.71. The number of rotatable bonds is 1. The van der Waals surface area contributed by atoms with Crippen molar-refractivity contribution in [1.82, 2.24) is 4.98 Å². The smallest absolute Gasteiger partial charge is 0.126 e. The van der Waals surface area contributed by atoms with Gasteiger partial charge >= 0.3 is 0 Å². The van der Waals surface area contributed by atoms with Crippen LogP contribution in [0.1, 0.15) is 5.69 Å². The summed E-state index contributed by atoms with van der Waals surface area (Å²) in [6, 6.07) is 12.0. The lowest BCUT2D eigenvalue weighted by molar-refractivity contribution is 1.37. The minimum Gasteiger partial charge on any atom is -0.346 e. The first-order chi connectivity index (χ1) is 8.31. The first kappa shape index (κ1) is 10.4. The van der Waals surface area contributed by atoms with Crippen LogP contribution in [0.15, 0.2) is 35.7 Å². The molecule has 82 valence electrons. The van der Waals surface area contributed by atoms with E-state index in [0.29, 0.717) is 10.0 Å². The highest BCUT2D eigenvalue weighted by Crippen LogP contribution is 2.38. The van der Waals surface area contributed by atoms with E-state index >= 15 is 0 Å². The van der Waals surface area contributed by atoms with Gasteiger partial charge in [0.25, 0.3) is 0 Å². The van der Waals surface area contributed by atoms with E-state index in [9.17, 15) is 5.26 Å². The number of hydrogen-bond acceptors (Lipinski definition) is 2. The van der Waals surface area contributed by atoms with Gasteiger partial charge in [0, 0.05) is 22.0 Å². The molecule has 2 nitrogen and oxygen atoms in total. The number of nitrogens with one attached hydrogen (secondary N) is 1. The number of benzene rings is 1. The van der Waals surface area contributed by atoms with Gasteiger partial charge in [0.05, 0.1) is 0 Å². The quantitative estimate of drug-likeness (QED) is 0.689. The second-order valence-corrected chi connectivity index (χ2v) is 5.16. The third-order valence-corrected chi connectivity index (χ3v) is 3.88. The molecule has 2 heterocycles. The molecule has 1 aromatic carbocycles. The maximum absolute atomic E-state index is 9.19. The van der Waals surface area contributed by atoms with Gasteiger partial charge in [-0.3, -0.25) is 0 Å². The number of aromatic nitrogens is 1. The van der Waals surface area contributed by atoms with Crippen LogP contribution < -0.4 is 0 Å². The van der Waals surface area contributed by atoms with Gasteiger partial charge in [0.2, 0.25) is 0 Å². The van der Waals surface area contributed by atoms with Gasteiger partial charge in [-0.2, -0.15) is 5.26 Å². The van der Waals surface area contributed by atoms with Crippen LogP contribution >= 0.6 is 22.9 Å². The number of hydrogen-bond donors (Lipinski definition) is 1. The molecule has 1 N–H and O–H groups in total. The van der Waals surface area contributed by atoms with Crippen molar-refractivity contribution in [3.05, 3.63) is 45.7 Å².